The highest BCUT2D eigenvalue weighted by Crippen LogP contribution is 2.29. The lowest BCUT2D eigenvalue weighted by Gasteiger charge is -2.12. The minimum atomic E-state index is 0.882. The summed E-state index contributed by atoms with van der Waals surface area (Å²) in [6, 6.07) is 4.18. The summed E-state index contributed by atoms with van der Waals surface area (Å²) in [5.74, 6) is 1.90. The number of thiophene rings is 1. The van der Waals surface area contributed by atoms with Crippen molar-refractivity contribution in [1.82, 2.24) is 9.97 Å². The molecule has 0 bridgehead atoms. The topological polar surface area (TPSA) is 37.8 Å². The molecule has 0 fully saturated rings. The number of aryl methyl sites for hydroxylation is 1. The first-order valence-electron chi connectivity index (χ1n) is 6.41. The Morgan fingerprint density at radius 3 is 2.72 bits per heavy atom. The molecule has 2 heterocycles. The van der Waals surface area contributed by atoms with Crippen molar-refractivity contribution < 1.29 is 0 Å². The predicted molar refractivity (Wildman–Crippen MR) is 78.2 cm³/mol. The highest BCUT2D eigenvalue weighted by atomic mass is 32.1. The molecule has 2 aromatic heterocycles. The van der Waals surface area contributed by atoms with E-state index in [-0.39, 0.29) is 0 Å². The quantitative estimate of drug-likeness (QED) is 0.887. The van der Waals surface area contributed by atoms with Gasteiger partial charge in [0.1, 0.15) is 11.6 Å². The van der Waals surface area contributed by atoms with Crippen LogP contribution in [0.2, 0.25) is 0 Å². The maximum Gasteiger partial charge on any atom is 0.133 e. The van der Waals surface area contributed by atoms with Crippen LogP contribution < -0.4 is 5.32 Å². The second-order valence-electron chi connectivity index (χ2n) is 4.22. The summed E-state index contributed by atoms with van der Waals surface area (Å²) >= 11 is 1.73. The molecular formula is C14H19N3S. The van der Waals surface area contributed by atoms with Crippen LogP contribution in [0, 0.1) is 6.92 Å². The van der Waals surface area contributed by atoms with Gasteiger partial charge in [0.25, 0.3) is 0 Å². The normalized spacial score (nSPS) is 10.6. The molecule has 0 atom stereocenters. The van der Waals surface area contributed by atoms with Gasteiger partial charge in [-0.3, -0.25) is 0 Å². The molecule has 0 amide bonds. The van der Waals surface area contributed by atoms with Gasteiger partial charge in [-0.1, -0.05) is 13.0 Å². The standard InChI is InChI=1S/C14H19N3S/c1-4-7-12-16-13(11-8-6-9-18-11)10(3)14(17-12)15-5-2/h6,8-9H,4-5,7H2,1-3H3,(H,15,16,17). The van der Waals surface area contributed by atoms with E-state index in [4.69, 9.17) is 4.98 Å². The zero-order chi connectivity index (χ0) is 13.0. The zero-order valence-electron chi connectivity index (χ0n) is 11.2. The van der Waals surface area contributed by atoms with Gasteiger partial charge in [-0.05, 0) is 31.7 Å². The van der Waals surface area contributed by atoms with Crippen molar-refractivity contribution >= 4 is 17.2 Å². The Morgan fingerprint density at radius 2 is 2.11 bits per heavy atom. The Bertz CT molecular complexity index is 506. The van der Waals surface area contributed by atoms with Gasteiger partial charge in [0.15, 0.2) is 0 Å². The van der Waals surface area contributed by atoms with E-state index in [0.29, 0.717) is 0 Å². The average molecular weight is 261 g/mol. The van der Waals surface area contributed by atoms with Crippen LogP contribution in [0.15, 0.2) is 17.5 Å². The number of hydrogen-bond donors (Lipinski definition) is 1. The maximum absolute atomic E-state index is 4.71. The third-order valence-corrected chi connectivity index (χ3v) is 3.64. The summed E-state index contributed by atoms with van der Waals surface area (Å²) in [6.45, 7) is 7.21. The molecule has 0 spiro atoms. The van der Waals surface area contributed by atoms with Crippen molar-refractivity contribution in [3.63, 3.8) is 0 Å². The lowest BCUT2D eigenvalue weighted by Crippen LogP contribution is -2.07. The second kappa shape index (κ2) is 5.96. The minimum Gasteiger partial charge on any atom is -0.370 e. The highest BCUT2D eigenvalue weighted by molar-refractivity contribution is 7.13. The molecule has 4 heteroatoms. The summed E-state index contributed by atoms with van der Waals surface area (Å²) in [4.78, 5) is 10.5. The number of hydrogen-bond acceptors (Lipinski definition) is 4. The van der Waals surface area contributed by atoms with Gasteiger partial charge in [0, 0.05) is 18.5 Å². The first-order chi connectivity index (χ1) is 8.76. The fourth-order valence-electron chi connectivity index (χ4n) is 1.89. The number of anilines is 1. The third-order valence-electron chi connectivity index (χ3n) is 2.76. The maximum atomic E-state index is 4.71. The van der Waals surface area contributed by atoms with E-state index in [1.807, 2.05) is 0 Å². The van der Waals surface area contributed by atoms with Crippen LogP contribution in [-0.2, 0) is 6.42 Å². The lowest BCUT2D eigenvalue weighted by atomic mass is 10.2. The molecule has 1 N–H and O–H groups in total. The summed E-state index contributed by atoms with van der Waals surface area (Å²) in [5, 5.41) is 5.42. The summed E-state index contributed by atoms with van der Waals surface area (Å²) < 4.78 is 0. The van der Waals surface area contributed by atoms with Gasteiger partial charge >= 0.3 is 0 Å². The summed E-state index contributed by atoms with van der Waals surface area (Å²) in [6.07, 6.45) is 2.00. The first-order valence-corrected chi connectivity index (χ1v) is 7.29. The van der Waals surface area contributed by atoms with E-state index in [0.717, 1.165) is 42.3 Å². The summed E-state index contributed by atoms with van der Waals surface area (Å²) in [5.41, 5.74) is 2.21. The molecule has 3 nitrogen and oxygen atoms in total. The minimum absolute atomic E-state index is 0.882. The molecule has 0 aliphatic heterocycles. The molecular weight excluding hydrogens is 242 g/mol. The van der Waals surface area contributed by atoms with E-state index in [2.05, 4.69) is 48.6 Å². The number of nitrogens with zero attached hydrogens (tertiary/aromatic N) is 2. The van der Waals surface area contributed by atoms with Crippen LogP contribution in [0.4, 0.5) is 5.82 Å². The Labute approximate surface area is 112 Å². The van der Waals surface area contributed by atoms with Gasteiger partial charge in [-0.15, -0.1) is 11.3 Å². The van der Waals surface area contributed by atoms with E-state index >= 15 is 0 Å². The van der Waals surface area contributed by atoms with Crippen molar-refractivity contribution in [2.45, 2.75) is 33.6 Å². The largest absolute Gasteiger partial charge is 0.370 e. The first kappa shape index (κ1) is 13.0. The fourth-order valence-corrected chi connectivity index (χ4v) is 2.66. The van der Waals surface area contributed by atoms with Gasteiger partial charge in [-0.25, -0.2) is 9.97 Å². The molecule has 96 valence electrons. The van der Waals surface area contributed by atoms with Crippen LogP contribution in [0.5, 0.6) is 0 Å². The van der Waals surface area contributed by atoms with Crippen LogP contribution in [0.3, 0.4) is 0 Å². The Kier molecular flexibility index (Phi) is 4.31. The molecule has 0 saturated carbocycles. The van der Waals surface area contributed by atoms with Crippen molar-refractivity contribution in [3.05, 3.63) is 28.9 Å². The SMILES string of the molecule is CCCc1nc(NCC)c(C)c(-c2cccs2)n1. The Balaban J connectivity index is 2.49. The van der Waals surface area contributed by atoms with Gasteiger partial charge in [-0.2, -0.15) is 0 Å². The number of rotatable bonds is 5. The zero-order valence-corrected chi connectivity index (χ0v) is 12.0. The lowest BCUT2D eigenvalue weighted by molar-refractivity contribution is 0.833. The molecule has 0 unspecified atom stereocenters. The molecule has 2 rings (SSSR count). The Hall–Kier alpha value is -1.42. The molecule has 18 heavy (non-hydrogen) atoms. The molecule has 0 saturated heterocycles. The number of aromatic nitrogens is 2. The summed E-state index contributed by atoms with van der Waals surface area (Å²) in [7, 11) is 0. The molecule has 0 aliphatic carbocycles. The third kappa shape index (κ3) is 2.70. The number of nitrogens with one attached hydrogen (secondary N) is 1. The molecule has 2 aromatic rings. The van der Waals surface area contributed by atoms with Gasteiger partial charge < -0.3 is 5.32 Å². The van der Waals surface area contributed by atoms with Crippen molar-refractivity contribution in [1.29, 1.82) is 0 Å². The van der Waals surface area contributed by atoms with Crippen molar-refractivity contribution in [2.24, 2.45) is 0 Å². The van der Waals surface area contributed by atoms with Crippen LogP contribution in [0.1, 0.15) is 31.7 Å². The van der Waals surface area contributed by atoms with Crippen molar-refractivity contribution in [3.8, 4) is 10.6 Å². The second-order valence-corrected chi connectivity index (χ2v) is 5.17. The monoisotopic (exact) mass is 261 g/mol. The van der Waals surface area contributed by atoms with Crippen LogP contribution >= 0.6 is 11.3 Å². The fraction of sp³-hybridized carbons (Fsp3) is 0.429. The highest BCUT2D eigenvalue weighted by Gasteiger charge is 2.12. The molecule has 0 aliphatic rings. The Morgan fingerprint density at radius 1 is 1.28 bits per heavy atom. The smallest absolute Gasteiger partial charge is 0.133 e. The predicted octanol–water partition coefficient (Wildman–Crippen LogP) is 3.90. The van der Waals surface area contributed by atoms with E-state index < -0.39 is 0 Å². The molecule has 0 aromatic carbocycles. The van der Waals surface area contributed by atoms with Gasteiger partial charge in [0.05, 0.1) is 10.6 Å². The van der Waals surface area contributed by atoms with Crippen molar-refractivity contribution in [2.75, 3.05) is 11.9 Å². The van der Waals surface area contributed by atoms with E-state index in [1.165, 1.54) is 4.88 Å². The molecule has 0 radical (unpaired) electrons. The van der Waals surface area contributed by atoms with Crippen LogP contribution in [0.25, 0.3) is 10.6 Å². The van der Waals surface area contributed by atoms with Gasteiger partial charge in [0.2, 0.25) is 0 Å². The van der Waals surface area contributed by atoms with E-state index in [1.54, 1.807) is 11.3 Å². The average Bonchev–Trinajstić information content (AvgIpc) is 2.87. The van der Waals surface area contributed by atoms with Crippen LogP contribution in [-0.4, -0.2) is 16.5 Å². The van der Waals surface area contributed by atoms with E-state index in [9.17, 15) is 0 Å².